The zero-order chi connectivity index (χ0) is 9.83. The summed E-state index contributed by atoms with van der Waals surface area (Å²) in [6, 6.07) is 0. The molecular weight excluding hydrogens is 612 g/mol. The van der Waals surface area contributed by atoms with E-state index in [9.17, 15) is 0 Å². The topological polar surface area (TPSA) is 18.5 Å². The average molecular weight is 622 g/mol. The Morgan fingerprint density at radius 1 is 0.833 bits per heavy atom. The molecule has 0 rings (SSSR count). The van der Waals surface area contributed by atoms with E-state index in [2.05, 4.69) is 90.4 Å². The number of hydrogen-bond acceptors (Lipinski definition) is 2. The maximum Gasteiger partial charge on any atom is 0.167 e. The van der Waals surface area contributed by atoms with Crippen LogP contribution in [-0.2, 0) is 9.47 Å². The molecule has 0 aliphatic carbocycles. The summed E-state index contributed by atoms with van der Waals surface area (Å²) in [5.74, 6) is 0. The SMILES string of the molecule is CC(I)(I)OCCOC(C)(I)I. The molecule has 6 heteroatoms. The zero-order valence-electron chi connectivity index (χ0n) is 6.74. The van der Waals surface area contributed by atoms with Crippen LogP contribution in [0.1, 0.15) is 13.8 Å². The lowest BCUT2D eigenvalue weighted by Gasteiger charge is -2.19. The highest BCUT2D eigenvalue weighted by molar-refractivity contribution is 14.2. The molecule has 0 fully saturated rings. The zero-order valence-corrected chi connectivity index (χ0v) is 15.4. The monoisotopic (exact) mass is 622 g/mol. The van der Waals surface area contributed by atoms with Gasteiger partial charge in [-0.1, -0.05) is 0 Å². The highest BCUT2D eigenvalue weighted by atomic mass is 127. The van der Waals surface area contributed by atoms with E-state index in [4.69, 9.17) is 9.47 Å². The van der Waals surface area contributed by atoms with Crippen molar-refractivity contribution >= 4 is 90.4 Å². The van der Waals surface area contributed by atoms with E-state index in [1.807, 2.05) is 13.8 Å². The van der Waals surface area contributed by atoms with Crippen LogP contribution in [0, 0.1) is 0 Å². The molecule has 0 atom stereocenters. The fourth-order valence-corrected chi connectivity index (χ4v) is 1.32. The molecule has 0 aliphatic heterocycles. The summed E-state index contributed by atoms with van der Waals surface area (Å²) in [4.78, 5) is 0. The Kier molecular flexibility index (Phi) is 7.95. The Balaban J connectivity index is 3.35. The molecule has 0 spiro atoms. The Morgan fingerprint density at radius 2 is 1.08 bits per heavy atom. The fourth-order valence-electron chi connectivity index (χ4n) is 0.442. The number of rotatable bonds is 5. The molecule has 0 aromatic rings. The summed E-state index contributed by atoms with van der Waals surface area (Å²) in [7, 11) is 0. The van der Waals surface area contributed by atoms with Gasteiger partial charge in [0.25, 0.3) is 0 Å². The second-order valence-electron chi connectivity index (χ2n) is 2.31. The molecule has 2 nitrogen and oxygen atoms in total. The van der Waals surface area contributed by atoms with Crippen molar-refractivity contribution in [1.82, 2.24) is 0 Å². The van der Waals surface area contributed by atoms with Crippen molar-refractivity contribution < 1.29 is 9.47 Å². The van der Waals surface area contributed by atoms with Crippen molar-refractivity contribution in [3.05, 3.63) is 0 Å². The molecule has 0 unspecified atom stereocenters. The second kappa shape index (κ2) is 6.43. The molecule has 0 aromatic carbocycles. The predicted molar refractivity (Wildman–Crippen MR) is 84.8 cm³/mol. The number of halogens is 4. The van der Waals surface area contributed by atoms with E-state index in [-0.39, 0.29) is 3.23 Å². The molecule has 0 saturated heterocycles. The van der Waals surface area contributed by atoms with Crippen LogP contribution >= 0.6 is 90.4 Å². The molecule has 12 heavy (non-hydrogen) atoms. The molecule has 0 amide bonds. The Bertz CT molecular complexity index is 110. The van der Waals surface area contributed by atoms with Crippen molar-refractivity contribution in [1.29, 1.82) is 0 Å². The number of ether oxygens (including phenoxy) is 2. The standard InChI is InChI=1S/C6H10I4O2/c1-5(7,8)11-3-4-12-6(2,9)10/h3-4H2,1-2H3. The van der Waals surface area contributed by atoms with Crippen molar-refractivity contribution in [2.45, 2.75) is 17.1 Å². The van der Waals surface area contributed by atoms with Crippen molar-refractivity contribution in [3.8, 4) is 0 Å². The van der Waals surface area contributed by atoms with Crippen molar-refractivity contribution in [3.63, 3.8) is 0 Å². The summed E-state index contributed by atoms with van der Waals surface area (Å²) < 4.78 is 10.7. The first-order chi connectivity index (χ1) is 5.21. The van der Waals surface area contributed by atoms with Gasteiger partial charge in [0.1, 0.15) is 0 Å². The van der Waals surface area contributed by atoms with E-state index in [1.54, 1.807) is 0 Å². The van der Waals surface area contributed by atoms with Gasteiger partial charge in [0.05, 0.1) is 13.2 Å². The maximum atomic E-state index is 5.47. The minimum atomic E-state index is -0.119. The summed E-state index contributed by atoms with van der Waals surface area (Å²) in [5, 5.41) is 0. The van der Waals surface area contributed by atoms with Gasteiger partial charge < -0.3 is 9.47 Å². The highest BCUT2D eigenvalue weighted by Crippen LogP contribution is 2.29. The minimum Gasteiger partial charge on any atom is -0.353 e. The molecule has 0 bridgehead atoms. The van der Waals surface area contributed by atoms with Gasteiger partial charge in [0.15, 0.2) is 3.23 Å². The van der Waals surface area contributed by atoms with Gasteiger partial charge >= 0.3 is 0 Å². The van der Waals surface area contributed by atoms with Gasteiger partial charge in [0.2, 0.25) is 0 Å². The highest BCUT2D eigenvalue weighted by Gasteiger charge is 2.17. The van der Waals surface area contributed by atoms with Crippen LogP contribution in [0.3, 0.4) is 0 Å². The van der Waals surface area contributed by atoms with E-state index in [1.165, 1.54) is 0 Å². The van der Waals surface area contributed by atoms with Crippen molar-refractivity contribution in [2.75, 3.05) is 13.2 Å². The number of alkyl halides is 4. The third kappa shape index (κ3) is 12.8. The summed E-state index contributed by atoms with van der Waals surface area (Å²) >= 11 is 8.97. The van der Waals surface area contributed by atoms with Gasteiger partial charge in [0, 0.05) is 0 Å². The lowest BCUT2D eigenvalue weighted by molar-refractivity contribution is 0.0371. The molecule has 0 N–H and O–H groups in total. The Hall–Kier alpha value is 2.84. The van der Waals surface area contributed by atoms with Crippen LogP contribution in [0.25, 0.3) is 0 Å². The smallest absolute Gasteiger partial charge is 0.167 e. The first kappa shape index (κ1) is 14.8. The van der Waals surface area contributed by atoms with E-state index in [0.717, 1.165) is 0 Å². The molecule has 0 aromatic heterocycles. The first-order valence-corrected chi connectivity index (χ1v) is 7.56. The van der Waals surface area contributed by atoms with E-state index < -0.39 is 0 Å². The molecule has 74 valence electrons. The van der Waals surface area contributed by atoms with Crippen LogP contribution in [0.15, 0.2) is 0 Å². The molecule has 0 aliphatic rings. The van der Waals surface area contributed by atoms with E-state index in [0.29, 0.717) is 13.2 Å². The van der Waals surface area contributed by atoms with E-state index >= 15 is 0 Å². The van der Waals surface area contributed by atoms with Gasteiger partial charge in [-0.05, 0) is 104 Å². The lowest BCUT2D eigenvalue weighted by Crippen LogP contribution is -2.19. The van der Waals surface area contributed by atoms with Gasteiger partial charge in [-0.2, -0.15) is 0 Å². The molecular formula is C6H10I4O2. The largest absolute Gasteiger partial charge is 0.353 e. The molecule has 0 radical (unpaired) electrons. The molecule has 0 saturated carbocycles. The predicted octanol–water partition coefficient (Wildman–Crippen LogP) is 4.11. The van der Waals surface area contributed by atoms with Gasteiger partial charge in [-0.25, -0.2) is 0 Å². The van der Waals surface area contributed by atoms with Crippen molar-refractivity contribution in [2.24, 2.45) is 0 Å². The Morgan fingerprint density at radius 3 is 1.25 bits per heavy atom. The van der Waals surface area contributed by atoms with Crippen LogP contribution in [0.5, 0.6) is 0 Å². The third-order valence-electron chi connectivity index (χ3n) is 0.794. The summed E-state index contributed by atoms with van der Waals surface area (Å²) in [6.45, 7) is 5.32. The fraction of sp³-hybridized carbons (Fsp3) is 1.00. The van der Waals surface area contributed by atoms with Crippen LogP contribution in [-0.4, -0.2) is 16.4 Å². The van der Waals surface area contributed by atoms with Crippen LogP contribution in [0.2, 0.25) is 0 Å². The lowest BCUT2D eigenvalue weighted by atomic mass is 10.7. The maximum absolute atomic E-state index is 5.47. The first-order valence-electron chi connectivity index (χ1n) is 3.24. The van der Waals surface area contributed by atoms with Crippen LogP contribution in [0.4, 0.5) is 0 Å². The summed E-state index contributed by atoms with van der Waals surface area (Å²) in [6.07, 6.45) is 0. The Labute approximate surface area is 128 Å². The average Bonchev–Trinajstić information content (AvgIpc) is 1.76. The second-order valence-corrected chi connectivity index (χ2v) is 14.7. The summed E-state index contributed by atoms with van der Waals surface area (Å²) in [5.41, 5.74) is 0. The van der Waals surface area contributed by atoms with Gasteiger partial charge in [-0.3, -0.25) is 0 Å². The molecule has 0 heterocycles. The number of hydrogen-bond donors (Lipinski definition) is 0. The minimum absolute atomic E-state index is 0.119. The normalized spacial score (nSPS) is 13.5. The van der Waals surface area contributed by atoms with Gasteiger partial charge in [-0.15, -0.1) is 0 Å². The van der Waals surface area contributed by atoms with Crippen LogP contribution < -0.4 is 0 Å². The quantitative estimate of drug-likeness (QED) is 0.262. The third-order valence-corrected chi connectivity index (χ3v) is 2.04.